The van der Waals surface area contributed by atoms with Crippen LogP contribution >= 0.6 is 11.8 Å². The van der Waals surface area contributed by atoms with E-state index in [1.807, 2.05) is 26.2 Å². The first-order valence-electron chi connectivity index (χ1n) is 26.8. The predicted octanol–water partition coefficient (Wildman–Crippen LogP) is -0.390. The minimum absolute atomic E-state index is 0.0197. The number of benzene rings is 2. The normalized spacial score (nSPS) is 13.6. The number of hydrogen-bond acceptors (Lipinski definition) is 15. The highest BCUT2D eigenvalue weighted by atomic mass is 32.2. The van der Waals surface area contributed by atoms with Gasteiger partial charge in [-0.1, -0.05) is 62.7 Å². The molecular formula is C54H83N11O14S. The van der Waals surface area contributed by atoms with Crippen LogP contribution in [0.5, 0.6) is 5.75 Å². The van der Waals surface area contributed by atoms with E-state index in [0.29, 0.717) is 56.4 Å². The van der Waals surface area contributed by atoms with Crippen molar-refractivity contribution < 1.29 is 68.1 Å². The Morgan fingerprint density at radius 3 is 1.65 bits per heavy atom. The third-order valence-electron chi connectivity index (χ3n) is 12.4. The standard InChI is InChI=1S/C54H83N11O14S/c1-33(2)29-37(56)48(73)64-43(32-47(71)72)54(79)62-39(21-22-46(69)70)50(75)58-26-12-6-9-16-44(67)60-38(15-10-11-25-55)52(77)65-41(31-35-17-19-36(66)20-18-35)51(76)59-27-23-45(68)61-42(30-34-13-7-5-8-14-34)53(78)63-40(24-28-80-4)49(74)57-3/h5,7-8,13-14,17-20,33,37-43,66H,6,9-12,15-16,21-32,55-56H2,1-4H3,(H,57,74)(H,58,75)(H,59,76)(H,60,67)(H,61,68)(H,62,79)(H,63,78)(H,64,73)(H,65,77)(H,69,70)(H,71,72)/t37-,38-,39-,40-,41-,42-,43-/m0/s1. The molecular weight excluding hydrogens is 1060 g/mol. The summed E-state index contributed by atoms with van der Waals surface area (Å²) in [6, 6.07) is 6.67. The Hall–Kier alpha value is -7.32. The van der Waals surface area contributed by atoms with Crippen LogP contribution in [0.25, 0.3) is 0 Å². The van der Waals surface area contributed by atoms with Gasteiger partial charge in [-0.3, -0.25) is 52.7 Å². The van der Waals surface area contributed by atoms with E-state index in [1.165, 1.54) is 30.9 Å². The molecule has 80 heavy (non-hydrogen) atoms. The number of rotatable bonds is 40. The Bertz CT molecular complexity index is 2330. The van der Waals surface area contributed by atoms with E-state index in [4.69, 9.17) is 11.5 Å². The van der Waals surface area contributed by atoms with Gasteiger partial charge in [-0.25, -0.2) is 0 Å². The minimum atomic E-state index is -1.61. The molecule has 0 aliphatic rings. The zero-order chi connectivity index (χ0) is 59.6. The van der Waals surface area contributed by atoms with E-state index in [9.17, 15) is 68.1 Å². The van der Waals surface area contributed by atoms with Crippen LogP contribution in [0.4, 0.5) is 0 Å². The summed E-state index contributed by atoms with van der Waals surface area (Å²) in [5.41, 5.74) is 12.9. The molecule has 0 aliphatic carbocycles. The van der Waals surface area contributed by atoms with Gasteiger partial charge in [0, 0.05) is 52.2 Å². The quantitative estimate of drug-likeness (QED) is 0.0378. The largest absolute Gasteiger partial charge is 0.508 e. The fourth-order valence-corrected chi connectivity index (χ4v) is 8.56. The van der Waals surface area contributed by atoms with Crippen LogP contribution in [0.2, 0.25) is 0 Å². The molecule has 0 heterocycles. The molecule has 0 bridgehead atoms. The van der Waals surface area contributed by atoms with Crippen LogP contribution in [0.1, 0.15) is 108 Å². The number of aliphatic carboxylic acids is 2. The monoisotopic (exact) mass is 1140 g/mol. The third kappa shape index (κ3) is 28.5. The lowest BCUT2D eigenvalue weighted by atomic mass is 10.0. The fraction of sp³-hybridized carbons (Fsp3) is 0.574. The summed E-state index contributed by atoms with van der Waals surface area (Å²) in [4.78, 5) is 143. The van der Waals surface area contributed by atoms with E-state index in [0.717, 1.165) is 5.56 Å². The predicted molar refractivity (Wildman–Crippen MR) is 299 cm³/mol. The average Bonchev–Trinajstić information content (AvgIpc) is 3.40. The number of thioether (sulfide) groups is 1. The van der Waals surface area contributed by atoms with Crippen LogP contribution in [0.3, 0.4) is 0 Å². The summed E-state index contributed by atoms with van der Waals surface area (Å²) in [6.45, 7) is 3.80. The highest BCUT2D eigenvalue weighted by molar-refractivity contribution is 7.98. The van der Waals surface area contributed by atoms with Crippen LogP contribution in [0, 0.1) is 5.92 Å². The van der Waals surface area contributed by atoms with Crippen molar-refractivity contribution >= 4 is 76.9 Å². The molecule has 0 unspecified atom stereocenters. The van der Waals surface area contributed by atoms with E-state index >= 15 is 0 Å². The molecule has 444 valence electrons. The molecule has 2 aromatic carbocycles. The molecule has 0 spiro atoms. The Morgan fingerprint density at radius 1 is 0.525 bits per heavy atom. The lowest BCUT2D eigenvalue weighted by molar-refractivity contribution is -0.141. The topological polar surface area (TPSA) is 409 Å². The minimum Gasteiger partial charge on any atom is -0.508 e. The maximum atomic E-state index is 14.0. The van der Waals surface area contributed by atoms with Gasteiger partial charge in [-0.2, -0.15) is 11.8 Å². The van der Waals surface area contributed by atoms with Crippen LogP contribution in [0.15, 0.2) is 54.6 Å². The van der Waals surface area contributed by atoms with Gasteiger partial charge in [0.05, 0.1) is 12.5 Å². The summed E-state index contributed by atoms with van der Waals surface area (Å²) in [5.74, 6) is -8.00. The number of amides is 9. The molecule has 0 saturated heterocycles. The molecule has 26 heteroatoms. The second-order valence-electron chi connectivity index (χ2n) is 19.6. The smallest absolute Gasteiger partial charge is 0.305 e. The van der Waals surface area contributed by atoms with Gasteiger partial charge in [0.15, 0.2) is 0 Å². The van der Waals surface area contributed by atoms with Crippen molar-refractivity contribution in [3.63, 3.8) is 0 Å². The molecule has 25 nitrogen and oxygen atoms in total. The Labute approximate surface area is 471 Å². The maximum absolute atomic E-state index is 14.0. The number of carbonyl (C=O) groups is 11. The molecule has 2 rings (SSSR count). The number of phenols is 1. The summed E-state index contributed by atoms with van der Waals surface area (Å²) in [7, 11) is 1.46. The van der Waals surface area contributed by atoms with Crippen LogP contribution in [-0.4, -0.2) is 161 Å². The lowest BCUT2D eigenvalue weighted by Crippen LogP contribution is -2.56. The number of carbonyl (C=O) groups excluding carboxylic acids is 9. The number of nitrogens with one attached hydrogen (secondary N) is 9. The first kappa shape index (κ1) is 68.8. The number of unbranched alkanes of at least 4 members (excludes halogenated alkanes) is 3. The molecule has 0 fully saturated rings. The van der Waals surface area contributed by atoms with Crippen molar-refractivity contribution in [1.82, 2.24) is 47.9 Å². The number of nitrogens with two attached hydrogens (primary N) is 2. The van der Waals surface area contributed by atoms with Crippen LogP contribution in [-0.2, 0) is 65.6 Å². The Kier molecular flexibility index (Phi) is 32.9. The first-order valence-corrected chi connectivity index (χ1v) is 28.2. The van der Waals surface area contributed by atoms with E-state index in [2.05, 4.69) is 47.9 Å². The summed E-state index contributed by atoms with van der Waals surface area (Å²) >= 11 is 1.51. The van der Waals surface area contributed by atoms with Gasteiger partial charge in [0.1, 0.15) is 42.0 Å². The zero-order valence-corrected chi connectivity index (χ0v) is 47.0. The average molecular weight is 1140 g/mol. The van der Waals surface area contributed by atoms with Gasteiger partial charge in [-0.15, -0.1) is 0 Å². The number of hydrogen-bond donors (Lipinski definition) is 14. The lowest BCUT2D eigenvalue weighted by Gasteiger charge is -2.24. The SMILES string of the molecule is CNC(=O)[C@H](CCSC)NC(=O)[C@H](Cc1ccccc1)NC(=O)CCNC(=O)[C@H](Cc1ccc(O)cc1)NC(=O)[C@H](CCCCN)NC(=O)CCCCCNC(=O)[C@H](CCC(=O)O)NC(=O)[C@H](CC(=O)O)NC(=O)[C@@H](N)CC(C)C. The number of aromatic hydroxyl groups is 1. The van der Waals surface area contributed by atoms with Gasteiger partial charge in [0.2, 0.25) is 53.2 Å². The Morgan fingerprint density at radius 2 is 1.05 bits per heavy atom. The maximum Gasteiger partial charge on any atom is 0.305 e. The molecule has 16 N–H and O–H groups in total. The third-order valence-corrected chi connectivity index (χ3v) is 13.1. The number of carboxylic acids is 2. The second-order valence-corrected chi connectivity index (χ2v) is 20.6. The second kappa shape index (κ2) is 38.3. The molecule has 0 radical (unpaired) electrons. The van der Waals surface area contributed by atoms with Crippen LogP contribution < -0.4 is 59.3 Å². The number of likely N-dealkylation sites (N-methyl/N-ethyl adjacent to an activating group) is 1. The van der Waals surface area contributed by atoms with Gasteiger partial charge >= 0.3 is 11.9 Å². The van der Waals surface area contributed by atoms with Gasteiger partial charge in [-0.05, 0) is 99.1 Å². The van der Waals surface area contributed by atoms with Crippen molar-refractivity contribution in [3.05, 3.63) is 65.7 Å². The van der Waals surface area contributed by atoms with Gasteiger partial charge in [0.25, 0.3) is 0 Å². The highest BCUT2D eigenvalue weighted by Crippen LogP contribution is 2.14. The molecule has 0 aliphatic heterocycles. The van der Waals surface area contributed by atoms with Crippen molar-refractivity contribution in [2.45, 2.75) is 152 Å². The molecule has 0 aromatic heterocycles. The summed E-state index contributed by atoms with van der Waals surface area (Å²) in [5, 5.41) is 52.1. The van der Waals surface area contributed by atoms with E-state index < -0.39 is 114 Å². The fourth-order valence-electron chi connectivity index (χ4n) is 8.09. The molecule has 0 saturated carbocycles. The number of carboxylic acid groups (broad SMARTS) is 2. The van der Waals surface area contributed by atoms with E-state index in [1.54, 1.807) is 36.4 Å². The number of phenolic OH excluding ortho intramolecular Hbond substituents is 1. The molecule has 9 amide bonds. The van der Waals surface area contributed by atoms with Gasteiger partial charge < -0.3 is 74.6 Å². The van der Waals surface area contributed by atoms with Crippen molar-refractivity contribution in [2.75, 3.05) is 38.7 Å². The zero-order valence-electron chi connectivity index (χ0n) is 46.1. The van der Waals surface area contributed by atoms with E-state index in [-0.39, 0.29) is 75.6 Å². The van der Waals surface area contributed by atoms with Crippen molar-refractivity contribution in [2.24, 2.45) is 17.4 Å². The summed E-state index contributed by atoms with van der Waals surface area (Å²) < 4.78 is 0. The van der Waals surface area contributed by atoms with Crippen molar-refractivity contribution in [1.29, 1.82) is 0 Å². The Balaban J connectivity index is 2.10. The molecule has 7 atom stereocenters. The van der Waals surface area contributed by atoms with Crippen molar-refractivity contribution in [3.8, 4) is 5.75 Å². The molecule has 2 aromatic rings. The first-order chi connectivity index (χ1) is 38.1. The highest BCUT2D eigenvalue weighted by Gasteiger charge is 2.32. The summed E-state index contributed by atoms with van der Waals surface area (Å²) in [6.07, 6.45) is 2.72.